The Kier molecular flexibility index (Phi) is 6.66. The molecule has 0 aliphatic carbocycles. The highest BCUT2D eigenvalue weighted by molar-refractivity contribution is 9.10. The zero-order valence-corrected chi connectivity index (χ0v) is 18.4. The maximum absolute atomic E-state index is 12.9. The Morgan fingerprint density at radius 2 is 2.16 bits per heavy atom. The van der Waals surface area contributed by atoms with E-state index in [1.54, 1.807) is 18.2 Å². The smallest absolute Gasteiger partial charge is 0.313 e. The number of aromatic nitrogens is 2. The molecule has 2 aromatic carbocycles. The highest BCUT2D eigenvalue weighted by atomic mass is 79.9. The molecule has 0 fully saturated rings. The average molecular weight is 509 g/mol. The summed E-state index contributed by atoms with van der Waals surface area (Å²) in [5.41, 5.74) is 4.92. The Balaban J connectivity index is 2.08. The van der Waals surface area contributed by atoms with Gasteiger partial charge in [-0.05, 0) is 24.3 Å². The molecule has 0 aliphatic rings. The number of nitrogens with two attached hydrogens (primary N) is 1. The number of nitro benzene ring substituents is 1. The van der Waals surface area contributed by atoms with E-state index in [4.69, 9.17) is 22.1 Å². The fraction of sp³-hybridized carbons (Fsp3) is 0.158. The van der Waals surface area contributed by atoms with Gasteiger partial charge in [-0.15, -0.1) is 0 Å². The van der Waals surface area contributed by atoms with Gasteiger partial charge in [0, 0.05) is 22.5 Å². The third kappa shape index (κ3) is 4.89. The van der Waals surface area contributed by atoms with Crippen LogP contribution in [0.3, 0.4) is 0 Å². The second-order valence-corrected chi connectivity index (χ2v) is 7.59. The first-order valence-electron chi connectivity index (χ1n) is 8.85. The SMILES string of the molecule is CCc1nc2ccc(Br)cc2c(=O)n1N=Cc1cc(Cl)c(OCC(N)=O)c([N+](=O)[O-])c1. The van der Waals surface area contributed by atoms with Gasteiger partial charge in [-0.1, -0.05) is 34.5 Å². The maximum atomic E-state index is 12.9. The number of carbonyl (C=O) groups is 1. The van der Waals surface area contributed by atoms with E-state index in [9.17, 15) is 19.7 Å². The van der Waals surface area contributed by atoms with E-state index in [1.165, 1.54) is 12.3 Å². The quantitative estimate of drug-likeness (QED) is 0.295. The minimum atomic E-state index is -0.807. The number of primary amides is 1. The minimum Gasteiger partial charge on any atom is -0.476 e. The van der Waals surface area contributed by atoms with Crippen molar-refractivity contribution < 1.29 is 14.5 Å². The van der Waals surface area contributed by atoms with Gasteiger partial charge in [-0.2, -0.15) is 9.78 Å². The molecule has 0 saturated heterocycles. The summed E-state index contributed by atoms with van der Waals surface area (Å²) in [4.78, 5) is 39.0. The first-order valence-corrected chi connectivity index (χ1v) is 10.0. The third-order valence-electron chi connectivity index (χ3n) is 4.12. The van der Waals surface area contributed by atoms with Crippen molar-refractivity contribution in [3.8, 4) is 5.75 Å². The second-order valence-electron chi connectivity index (χ2n) is 6.27. The molecule has 160 valence electrons. The lowest BCUT2D eigenvalue weighted by atomic mass is 10.2. The van der Waals surface area contributed by atoms with Gasteiger partial charge < -0.3 is 10.5 Å². The van der Waals surface area contributed by atoms with Crippen LogP contribution in [0, 0.1) is 10.1 Å². The van der Waals surface area contributed by atoms with Crippen molar-refractivity contribution in [2.75, 3.05) is 6.61 Å². The van der Waals surface area contributed by atoms with Gasteiger partial charge in [0.05, 0.1) is 27.1 Å². The first kappa shape index (κ1) is 22.4. The lowest BCUT2D eigenvalue weighted by molar-refractivity contribution is -0.385. The molecule has 12 heteroatoms. The summed E-state index contributed by atoms with van der Waals surface area (Å²) in [6, 6.07) is 7.67. The van der Waals surface area contributed by atoms with Gasteiger partial charge in [0.15, 0.2) is 6.61 Å². The number of hydrogen-bond acceptors (Lipinski definition) is 7. The lowest BCUT2D eigenvalue weighted by Crippen LogP contribution is -2.22. The van der Waals surface area contributed by atoms with E-state index < -0.39 is 23.1 Å². The summed E-state index contributed by atoms with van der Waals surface area (Å²) < 4.78 is 6.91. The van der Waals surface area contributed by atoms with Crippen molar-refractivity contribution in [1.29, 1.82) is 0 Å². The molecule has 10 nitrogen and oxygen atoms in total. The van der Waals surface area contributed by atoms with Crippen LogP contribution in [0.15, 0.2) is 44.7 Å². The summed E-state index contributed by atoms with van der Waals surface area (Å²) in [5.74, 6) is -0.678. The van der Waals surface area contributed by atoms with Crippen LogP contribution < -0.4 is 16.0 Å². The highest BCUT2D eigenvalue weighted by Crippen LogP contribution is 2.35. The zero-order valence-electron chi connectivity index (χ0n) is 16.0. The van der Waals surface area contributed by atoms with Crippen molar-refractivity contribution >= 4 is 56.2 Å². The van der Waals surface area contributed by atoms with Crippen molar-refractivity contribution in [2.24, 2.45) is 10.8 Å². The Hall–Kier alpha value is -3.31. The van der Waals surface area contributed by atoms with Gasteiger partial charge in [-0.25, -0.2) is 4.98 Å². The number of rotatable bonds is 7. The minimum absolute atomic E-state index is 0.111. The Morgan fingerprint density at radius 1 is 1.42 bits per heavy atom. The molecule has 2 N–H and O–H groups in total. The van der Waals surface area contributed by atoms with Gasteiger partial charge >= 0.3 is 5.69 Å². The topological polar surface area (TPSA) is 143 Å². The fourth-order valence-electron chi connectivity index (χ4n) is 2.76. The molecule has 0 atom stereocenters. The van der Waals surface area contributed by atoms with Crippen LogP contribution in [-0.2, 0) is 11.2 Å². The van der Waals surface area contributed by atoms with Gasteiger partial charge in [0.1, 0.15) is 5.82 Å². The number of aryl methyl sites for hydroxylation is 1. The first-order chi connectivity index (χ1) is 14.7. The molecule has 31 heavy (non-hydrogen) atoms. The van der Waals surface area contributed by atoms with E-state index in [2.05, 4.69) is 26.0 Å². The molecular formula is C19H15BrClN5O5. The van der Waals surface area contributed by atoms with Crippen molar-refractivity contribution in [2.45, 2.75) is 13.3 Å². The predicted molar refractivity (Wildman–Crippen MR) is 119 cm³/mol. The van der Waals surface area contributed by atoms with E-state index >= 15 is 0 Å². The van der Waals surface area contributed by atoms with Gasteiger partial charge in [0.25, 0.3) is 11.5 Å². The average Bonchev–Trinajstić information content (AvgIpc) is 2.71. The normalized spacial score (nSPS) is 11.2. The third-order valence-corrected chi connectivity index (χ3v) is 4.89. The fourth-order valence-corrected chi connectivity index (χ4v) is 3.40. The number of fused-ring (bicyclic) bond motifs is 1. The van der Waals surface area contributed by atoms with E-state index in [0.717, 1.165) is 10.7 Å². The van der Waals surface area contributed by atoms with Crippen molar-refractivity contribution in [3.63, 3.8) is 0 Å². The van der Waals surface area contributed by atoms with Crippen molar-refractivity contribution in [1.82, 2.24) is 9.66 Å². The Morgan fingerprint density at radius 3 is 2.81 bits per heavy atom. The van der Waals surface area contributed by atoms with Crippen LogP contribution in [0.2, 0.25) is 5.02 Å². The molecule has 3 rings (SSSR count). The summed E-state index contributed by atoms with van der Waals surface area (Å²) in [7, 11) is 0. The molecule has 1 amide bonds. The highest BCUT2D eigenvalue weighted by Gasteiger charge is 2.21. The van der Waals surface area contributed by atoms with Crippen LogP contribution >= 0.6 is 27.5 Å². The van der Waals surface area contributed by atoms with Gasteiger partial charge in [-0.3, -0.25) is 19.7 Å². The molecule has 0 spiro atoms. The number of halogens is 2. The summed E-state index contributed by atoms with van der Waals surface area (Å²) in [6.45, 7) is 1.26. The second kappa shape index (κ2) is 9.23. The molecule has 1 aromatic heterocycles. The Labute approximate surface area is 188 Å². The standard InChI is InChI=1S/C19H15BrClN5O5/c1-2-17-24-14-4-3-11(20)7-12(14)19(28)25(17)23-8-10-5-13(21)18(31-9-16(22)27)15(6-10)26(29)30/h3-8H,2,9H2,1H3,(H2,22,27). The summed E-state index contributed by atoms with van der Waals surface area (Å²) >= 11 is 9.43. The van der Waals surface area contributed by atoms with E-state index in [1.807, 2.05) is 6.92 Å². The monoisotopic (exact) mass is 507 g/mol. The number of amides is 1. The largest absolute Gasteiger partial charge is 0.476 e. The molecule has 0 aliphatic heterocycles. The molecule has 0 bridgehead atoms. The number of benzene rings is 2. The van der Waals surface area contributed by atoms with E-state index in [-0.39, 0.29) is 21.9 Å². The van der Waals surface area contributed by atoms with Crippen LogP contribution in [0.5, 0.6) is 5.75 Å². The maximum Gasteiger partial charge on any atom is 0.313 e. The van der Waals surface area contributed by atoms with Crippen LogP contribution in [0.25, 0.3) is 10.9 Å². The summed E-state index contributed by atoms with van der Waals surface area (Å²) in [6.07, 6.45) is 1.68. The summed E-state index contributed by atoms with van der Waals surface area (Å²) in [5, 5.41) is 15.8. The number of carbonyl (C=O) groups excluding carboxylic acids is 1. The van der Waals surface area contributed by atoms with E-state index in [0.29, 0.717) is 27.6 Å². The number of nitrogens with zero attached hydrogens (tertiary/aromatic N) is 4. The molecule has 1 heterocycles. The predicted octanol–water partition coefficient (Wildman–Crippen LogP) is 3.03. The molecular weight excluding hydrogens is 494 g/mol. The van der Waals surface area contributed by atoms with Crippen molar-refractivity contribution in [3.05, 3.63) is 71.7 Å². The van der Waals surface area contributed by atoms with Gasteiger partial charge in [0.2, 0.25) is 5.75 Å². The van der Waals surface area contributed by atoms with Crippen LogP contribution in [0.4, 0.5) is 5.69 Å². The molecule has 0 saturated carbocycles. The van der Waals surface area contributed by atoms with Crippen LogP contribution in [0.1, 0.15) is 18.3 Å². The molecule has 0 radical (unpaired) electrons. The lowest BCUT2D eigenvalue weighted by Gasteiger charge is -2.09. The zero-order chi connectivity index (χ0) is 22.7. The number of hydrogen-bond donors (Lipinski definition) is 1. The Bertz CT molecular complexity index is 1290. The number of nitro groups is 1. The molecule has 3 aromatic rings. The number of ether oxygens (including phenoxy) is 1. The van der Waals surface area contributed by atoms with Crippen LogP contribution in [-0.4, -0.2) is 33.3 Å². The molecule has 0 unspecified atom stereocenters.